The third-order valence-electron chi connectivity index (χ3n) is 1.74. The highest BCUT2D eigenvalue weighted by Crippen LogP contribution is 2.37. The van der Waals surface area contributed by atoms with E-state index < -0.39 is 5.97 Å². The van der Waals surface area contributed by atoms with Crippen LogP contribution in [-0.2, 0) is 4.74 Å². The van der Waals surface area contributed by atoms with Crippen LogP contribution in [0, 0.1) is 0 Å². The molecule has 7 heteroatoms. The average Bonchev–Trinajstić information content (AvgIpc) is 2.57. The number of hydrogen-bond acceptors (Lipinski definition) is 5. The maximum atomic E-state index is 11.4. The van der Waals surface area contributed by atoms with Crippen molar-refractivity contribution in [2.75, 3.05) is 7.11 Å². The molecule has 2 aromatic rings. The molecule has 0 N–H and O–H groups in total. The van der Waals surface area contributed by atoms with Gasteiger partial charge < -0.3 is 4.74 Å². The fourth-order valence-electron chi connectivity index (χ4n) is 1.08. The van der Waals surface area contributed by atoms with Crippen molar-refractivity contribution in [1.82, 2.24) is 9.97 Å². The number of fused-ring (bicyclic) bond motifs is 1. The highest BCUT2D eigenvalue weighted by atomic mass is 79.9. The number of ether oxygens (including phenoxy) is 1. The van der Waals surface area contributed by atoms with E-state index in [-0.39, 0.29) is 0 Å². The lowest BCUT2D eigenvalue weighted by molar-refractivity contribution is 0.0605. The summed E-state index contributed by atoms with van der Waals surface area (Å²) in [6.07, 6.45) is 1.35. The second kappa shape index (κ2) is 4.03. The zero-order chi connectivity index (χ0) is 11.0. The van der Waals surface area contributed by atoms with Gasteiger partial charge in [0.25, 0.3) is 0 Å². The van der Waals surface area contributed by atoms with Gasteiger partial charge in [-0.1, -0.05) is 11.6 Å². The van der Waals surface area contributed by atoms with E-state index in [9.17, 15) is 4.79 Å². The van der Waals surface area contributed by atoms with Crippen molar-refractivity contribution in [1.29, 1.82) is 0 Å². The van der Waals surface area contributed by atoms with Gasteiger partial charge in [0.1, 0.15) is 21.9 Å². The summed E-state index contributed by atoms with van der Waals surface area (Å²) < 4.78 is 5.91. The Morgan fingerprint density at radius 1 is 1.60 bits per heavy atom. The average molecular weight is 308 g/mol. The minimum atomic E-state index is -0.416. The maximum absolute atomic E-state index is 11.4. The van der Waals surface area contributed by atoms with Gasteiger partial charge in [0.2, 0.25) is 0 Å². The third kappa shape index (κ3) is 1.73. The molecule has 0 atom stereocenters. The van der Waals surface area contributed by atoms with E-state index in [2.05, 4.69) is 30.6 Å². The summed E-state index contributed by atoms with van der Waals surface area (Å²) in [5, 5.41) is 0.334. The van der Waals surface area contributed by atoms with Crippen molar-refractivity contribution in [2.24, 2.45) is 0 Å². The second-order valence-corrected chi connectivity index (χ2v) is 4.75. The molecular formula is C8H4BrClN2O2S. The molecule has 2 rings (SSSR count). The van der Waals surface area contributed by atoms with E-state index in [1.54, 1.807) is 0 Å². The number of esters is 1. The number of halogens is 2. The molecule has 0 amide bonds. The monoisotopic (exact) mass is 306 g/mol. The zero-order valence-electron chi connectivity index (χ0n) is 7.45. The second-order valence-electron chi connectivity index (χ2n) is 2.58. The summed E-state index contributed by atoms with van der Waals surface area (Å²) in [6.45, 7) is 0. The summed E-state index contributed by atoms with van der Waals surface area (Å²) >= 11 is 10.4. The van der Waals surface area contributed by atoms with Gasteiger partial charge in [-0.05, 0) is 15.9 Å². The topological polar surface area (TPSA) is 52.1 Å². The number of nitrogens with zero attached hydrogens (tertiary/aromatic N) is 2. The molecule has 0 aromatic carbocycles. The van der Waals surface area contributed by atoms with Crippen molar-refractivity contribution >= 4 is 55.1 Å². The Morgan fingerprint density at radius 2 is 2.33 bits per heavy atom. The predicted octanol–water partition coefficient (Wildman–Crippen LogP) is 2.89. The van der Waals surface area contributed by atoms with Crippen LogP contribution in [0.4, 0.5) is 0 Å². The normalized spacial score (nSPS) is 10.6. The predicted molar refractivity (Wildman–Crippen MR) is 61.5 cm³/mol. The van der Waals surface area contributed by atoms with Gasteiger partial charge in [-0.15, -0.1) is 11.3 Å². The Bertz CT molecular complexity index is 543. The molecule has 0 aliphatic carbocycles. The minimum absolute atomic E-state index is 0.334. The number of carbonyl (C=O) groups excluding carboxylic acids is 1. The fourth-order valence-corrected chi connectivity index (χ4v) is 3.11. The summed E-state index contributed by atoms with van der Waals surface area (Å²) in [6, 6.07) is 0. The fraction of sp³-hybridized carbons (Fsp3) is 0.125. The Kier molecular flexibility index (Phi) is 2.90. The maximum Gasteiger partial charge on any atom is 0.349 e. The molecule has 0 fully saturated rings. The molecule has 2 heterocycles. The van der Waals surface area contributed by atoms with E-state index in [1.165, 1.54) is 24.8 Å². The van der Waals surface area contributed by atoms with E-state index in [1.807, 2.05) is 0 Å². The molecule has 0 saturated heterocycles. The SMILES string of the molecule is COC(=O)c1sc2c(Cl)ncnc2c1Br. The molecule has 0 radical (unpaired) electrons. The highest BCUT2D eigenvalue weighted by Gasteiger charge is 2.19. The van der Waals surface area contributed by atoms with Gasteiger partial charge in [-0.2, -0.15) is 0 Å². The molecule has 2 aromatic heterocycles. The number of thiophene rings is 1. The van der Waals surface area contributed by atoms with E-state index in [0.29, 0.717) is 24.7 Å². The van der Waals surface area contributed by atoms with Crippen molar-refractivity contribution < 1.29 is 9.53 Å². The standard InChI is InChI=1S/C8H4BrClN2O2S/c1-14-8(13)5-3(9)4-6(15-5)7(10)12-2-11-4/h2H,1H3. The van der Waals surface area contributed by atoms with Gasteiger partial charge in [-0.3, -0.25) is 0 Å². The van der Waals surface area contributed by atoms with Crippen LogP contribution in [-0.4, -0.2) is 23.0 Å². The van der Waals surface area contributed by atoms with E-state index in [4.69, 9.17) is 11.6 Å². The van der Waals surface area contributed by atoms with Gasteiger partial charge in [0.05, 0.1) is 16.3 Å². The van der Waals surface area contributed by atoms with Crippen LogP contribution in [0.2, 0.25) is 5.15 Å². The Hall–Kier alpha value is -0.720. The molecule has 15 heavy (non-hydrogen) atoms. The molecule has 0 bridgehead atoms. The first-order valence-electron chi connectivity index (χ1n) is 3.82. The quantitative estimate of drug-likeness (QED) is 0.600. The van der Waals surface area contributed by atoms with Crippen molar-refractivity contribution in [3.05, 3.63) is 20.8 Å². The molecule has 78 valence electrons. The van der Waals surface area contributed by atoms with Crippen LogP contribution < -0.4 is 0 Å². The highest BCUT2D eigenvalue weighted by molar-refractivity contribution is 9.10. The summed E-state index contributed by atoms with van der Waals surface area (Å²) in [7, 11) is 1.33. The Morgan fingerprint density at radius 3 is 2.93 bits per heavy atom. The van der Waals surface area contributed by atoms with E-state index in [0.717, 1.165) is 0 Å². The molecule has 0 unspecified atom stereocenters. The molecule has 0 saturated carbocycles. The number of aromatic nitrogens is 2. The van der Waals surface area contributed by atoms with Gasteiger partial charge in [0, 0.05) is 0 Å². The van der Waals surface area contributed by atoms with Gasteiger partial charge in [-0.25, -0.2) is 14.8 Å². The van der Waals surface area contributed by atoms with Crippen LogP contribution in [0.5, 0.6) is 0 Å². The lowest BCUT2D eigenvalue weighted by Gasteiger charge is -1.93. The smallest absolute Gasteiger partial charge is 0.349 e. The largest absolute Gasteiger partial charge is 0.465 e. The summed E-state index contributed by atoms with van der Waals surface area (Å²) in [4.78, 5) is 19.7. The Balaban J connectivity index is 2.75. The lowest BCUT2D eigenvalue weighted by Crippen LogP contribution is -1.98. The van der Waals surface area contributed by atoms with Gasteiger partial charge in [0.15, 0.2) is 0 Å². The zero-order valence-corrected chi connectivity index (χ0v) is 10.6. The summed E-state index contributed by atoms with van der Waals surface area (Å²) in [5.74, 6) is -0.416. The Labute approximate surface area is 102 Å². The molecule has 0 spiro atoms. The molecule has 0 aliphatic rings. The van der Waals surface area contributed by atoms with Crippen LogP contribution in [0.25, 0.3) is 10.2 Å². The van der Waals surface area contributed by atoms with Crippen LogP contribution >= 0.6 is 38.9 Å². The lowest BCUT2D eigenvalue weighted by atomic mass is 10.4. The van der Waals surface area contributed by atoms with Crippen molar-refractivity contribution in [3.63, 3.8) is 0 Å². The van der Waals surface area contributed by atoms with Gasteiger partial charge >= 0.3 is 5.97 Å². The first kappa shape index (κ1) is 10.8. The van der Waals surface area contributed by atoms with Crippen LogP contribution in [0.3, 0.4) is 0 Å². The van der Waals surface area contributed by atoms with Crippen LogP contribution in [0.1, 0.15) is 9.67 Å². The molecule has 4 nitrogen and oxygen atoms in total. The number of hydrogen-bond donors (Lipinski definition) is 0. The number of methoxy groups -OCH3 is 1. The number of rotatable bonds is 1. The van der Waals surface area contributed by atoms with Crippen LogP contribution in [0.15, 0.2) is 10.8 Å². The third-order valence-corrected chi connectivity index (χ3v) is 4.34. The first-order chi connectivity index (χ1) is 7.15. The minimum Gasteiger partial charge on any atom is -0.465 e. The van der Waals surface area contributed by atoms with Crippen molar-refractivity contribution in [3.8, 4) is 0 Å². The first-order valence-corrected chi connectivity index (χ1v) is 5.80. The molecular weight excluding hydrogens is 304 g/mol. The number of carbonyl (C=O) groups is 1. The summed E-state index contributed by atoms with van der Waals surface area (Å²) in [5.41, 5.74) is 0.625. The van der Waals surface area contributed by atoms with E-state index >= 15 is 0 Å². The molecule has 0 aliphatic heterocycles. The van der Waals surface area contributed by atoms with Crippen molar-refractivity contribution in [2.45, 2.75) is 0 Å².